The maximum absolute atomic E-state index is 12.9. The third kappa shape index (κ3) is 4.26. The summed E-state index contributed by atoms with van der Waals surface area (Å²) in [5.41, 5.74) is 2.62. The highest BCUT2D eigenvalue weighted by molar-refractivity contribution is 7.15. The molecule has 0 bridgehead atoms. The van der Waals surface area contributed by atoms with Crippen LogP contribution in [0, 0.1) is 12.7 Å². The molecule has 1 heterocycles. The van der Waals surface area contributed by atoms with E-state index in [0.717, 1.165) is 32.5 Å². The number of rotatable bonds is 6. The number of nitrogens with one attached hydrogen (secondary N) is 1. The van der Waals surface area contributed by atoms with Crippen LogP contribution in [0.4, 0.5) is 4.39 Å². The summed E-state index contributed by atoms with van der Waals surface area (Å²) in [5.74, 6) is 0.380. The van der Waals surface area contributed by atoms with Crippen molar-refractivity contribution in [1.29, 1.82) is 0 Å². The molecule has 134 valence electrons. The predicted octanol–water partition coefficient (Wildman–Crippen LogP) is 4.13. The lowest BCUT2D eigenvalue weighted by Gasteiger charge is -2.05. The van der Waals surface area contributed by atoms with Gasteiger partial charge in [-0.2, -0.15) is 0 Å². The minimum atomic E-state index is -0.288. The number of ether oxygens (including phenoxy) is 1. The van der Waals surface area contributed by atoms with E-state index in [1.165, 1.54) is 23.5 Å². The van der Waals surface area contributed by atoms with Crippen molar-refractivity contribution in [2.24, 2.45) is 0 Å². The Morgan fingerprint density at radius 3 is 2.65 bits per heavy atom. The normalized spacial score (nSPS) is 10.6. The molecule has 0 unspecified atom stereocenters. The van der Waals surface area contributed by atoms with E-state index in [1.54, 1.807) is 19.2 Å². The maximum atomic E-state index is 12.9. The van der Waals surface area contributed by atoms with Gasteiger partial charge in [0, 0.05) is 11.4 Å². The summed E-state index contributed by atoms with van der Waals surface area (Å²) < 4.78 is 18.3. The van der Waals surface area contributed by atoms with Gasteiger partial charge in [0.1, 0.15) is 16.6 Å². The van der Waals surface area contributed by atoms with Gasteiger partial charge in [-0.15, -0.1) is 11.3 Å². The van der Waals surface area contributed by atoms with Gasteiger partial charge >= 0.3 is 0 Å². The Labute approximate surface area is 155 Å². The van der Waals surface area contributed by atoms with Gasteiger partial charge in [-0.3, -0.25) is 4.79 Å². The molecule has 0 aliphatic rings. The highest BCUT2D eigenvalue weighted by Crippen LogP contribution is 2.34. The molecule has 6 heteroatoms. The molecule has 3 rings (SSSR count). The van der Waals surface area contributed by atoms with E-state index in [0.29, 0.717) is 6.54 Å². The molecule has 1 aromatic heterocycles. The van der Waals surface area contributed by atoms with Crippen molar-refractivity contribution in [3.05, 3.63) is 70.5 Å². The molecular weight excluding hydrogens is 351 g/mol. The molecule has 0 fully saturated rings. The zero-order valence-electron chi connectivity index (χ0n) is 14.6. The molecule has 2 aromatic carbocycles. The number of hydrogen-bond acceptors (Lipinski definition) is 4. The van der Waals surface area contributed by atoms with E-state index >= 15 is 0 Å². The molecule has 0 aliphatic heterocycles. The first-order valence-corrected chi connectivity index (χ1v) is 8.99. The molecular formula is C20H19FN2O2S. The number of halogens is 1. The van der Waals surface area contributed by atoms with Crippen LogP contribution in [0.15, 0.2) is 48.5 Å². The number of aromatic nitrogens is 1. The second-order valence-electron chi connectivity index (χ2n) is 5.81. The largest absolute Gasteiger partial charge is 0.496 e. The van der Waals surface area contributed by atoms with Gasteiger partial charge in [0.2, 0.25) is 5.91 Å². The summed E-state index contributed by atoms with van der Waals surface area (Å²) in [6, 6.07) is 13.8. The average molecular weight is 370 g/mol. The molecule has 26 heavy (non-hydrogen) atoms. The van der Waals surface area contributed by atoms with Gasteiger partial charge in [0.15, 0.2) is 0 Å². The summed E-state index contributed by atoms with van der Waals surface area (Å²) in [6.45, 7) is 2.27. The summed E-state index contributed by atoms with van der Waals surface area (Å²) in [7, 11) is 1.63. The third-order valence-corrected chi connectivity index (χ3v) is 5.14. The number of carbonyl (C=O) groups is 1. The number of benzene rings is 2. The first-order valence-electron chi connectivity index (χ1n) is 8.17. The molecule has 0 radical (unpaired) electrons. The quantitative estimate of drug-likeness (QED) is 0.710. The van der Waals surface area contributed by atoms with Crippen LogP contribution >= 0.6 is 11.3 Å². The lowest BCUT2D eigenvalue weighted by atomic mass is 10.2. The van der Waals surface area contributed by atoms with Gasteiger partial charge in [0.25, 0.3) is 0 Å². The Morgan fingerprint density at radius 2 is 1.92 bits per heavy atom. The highest BCUT2D eigenvalue weighted by atomic mass is 32.1. The Bertz CT molecular complexity index is 906. The van der Waals surface area contributed by atoms with Crippen LogP contribution in [0.2, 0.25) is 0 Å². The van der Waals surface area contributed by atoms with E-state index in [2.05, 4.69) is 10.3 Å². The smallest absolute Gasteiger partial charge is 0.225 e. The highest BCUT2D eigenvalue weighted by Gasteiger charge is 2.15. The number of carbonyl (C=O) groups excluding carboxylic acids is 1. The summed E-state index contributed by atoms with van der Waals surface area (Å²) in [4.78, 5) is 17.7. The maximum Gasteiger partial charge on any atom is 0.225 e. The average Bonchev–Trinajstić information content (AvgIpc) is 3.01. The number of para-hydroxylation sites is 1. The fraction of sp³-hybridized carbons (Fsp3) is 0.200. The zero-order valence-corrected chi connectivity index (χ0v) is 15.4. The molecule has 0 saturated carbocycles. The molecule has 0 spiro atoms. The molecule has 3 aromatic rings. The van der Waals surface area contributed by atoms with Crippen LogP contribution in [0.3, 0.4) is 0 Å². The van der Waals surface area contributed by atoms with Crippen LogP contribution in [-0.4, -0.2) is 18.0 Å². The fourth-order valence-corrected chi connectivity index (χ4v) is 3.63. The van der Waals surface area contributed by atoms with Crippen molar-refractivity contribution in [3.63, 3.8) is 0 Å². The molecule has 4 nitrogen and oxygen atoms in total. The SMILES string of the molecule is COc1ccccc1-c1nc(C)c(CC(=O)NCc2ccc(F)cc2)s1. The van der Waals surface area contributed by atoms with Gasteiger partial charge in [-0.1, -0.05) is 24.3 Å². The van der Waals surface area contributed by atoms with Crippen LogP contribution < -0.4 is 10.1 Å². The van der Waals surface area contributed by atoms with Crippen LogP contribution in [0.5, 0.6) is 5.75 Å². The second kappa shape index (κ2) is 8.10. The van der Waals surface area contributed by atoms with E-state index in [4.69, 9.17) is 4.74 Å². The number of methoxy groups -OCH3 is 1. The van der Waals surface area contributed by atoms with Gasteiger partial charge in [0.05, 0.1) is 24.8 Å². The first-order chi connectivity index (χ1) is 12.6. The topological polar surface area (TPSA) is 51.2 Å². The van der Waals surface area contributed by atoms with Crippen molar-refractivity contribution in [2.75, 3.05) is 7.11 Å². The summed E-state index contributed by atoms with van der Waals surface area (Å²) >= 11 is 1.49. The van der Waals surface area contributed by atoms with Crippen molar-refractivity contribution < 1.29 is 13.9 Å². The Kier molecular flexibility index (Phi) is 5.63. The first kappa shape index (κ1) is 18.1. The van der Waals surface area contributed by atoms with Crippen molar-refractivity contribution in [1.82, 2.24) is 10.3 Å². The lowest BCUT2D eigenvalue weighted by molar-refractivity contribution is -0.120. The molecule has 0 aliphatic carbocycles. The molecule has 0 atom stereocenters. The van der Waals surface area contributed by atoms with E-state index in [9.17, 15) is 9.18 Å². The molecule has 0 saturated heterocycles. The Hall–Kier alpha value is -2.73. The summed E-state index contributed by atoms with van der Waals surface area (Å²) in [6.07, 6.45) is 0.264. The van der Waals surface area contributed by atoms with E-state index in [-0.39, 0.29) is 18.1 Å². The number of nitrogens with zero attached hydrogens (tertiary/aromatic N) is 1. The number of hydrogen-bond donors (Lipinski definition) is 1. The number of aryl methyl sites for hydroxylation is 1. The minimum absolute atomic E-state index is 0.0901. The second-order valence-corrected chi connectivity index (χ2v) is 6.89. The fourth-order valence-electron chi connectivity index (χ4n) is 2.54. The summed E-state index contributed by atoms with van der Waals surface area (Å²) in [5, 5.41) is 3.69. The standard InChI is InChI=1S/C20H19FN2O2S/c1-13-18(11-19(24)22-12-14-7-9-15(21)10-8-14)26-20(23-13)16-5-3-4-6-17(16)25-2/h3-10H,11-12H2,1-2H3,(H,22,24). The van der Waals surface area contributed by atoms with Crippen LogP contribution in [0.25, 0.3) is 10.6 Å². The van der Waals surface area contributed by atoms with E-state index < -0.39 is 0 Å². The van der Waals surface area contributed by atoms with Crippen molar-refractivity contribution >= 4 is 17.2 Å². The number of amides is 1. The van der Waals surface area contributed by atoms with Crippen LogP contribution in [-0.2, 0) is 17.8 Å². The molecule has 1 amide bonds. The molecule has 1 N–H and O–H groups in total. The number of thiazole rings is 1. The van der Waals surface area contributed by atoms with Gasteiger partial charge in [-0.05, 0) is 36.8 Å². The van der Waals surface area contributed by atoms with Crippen LogP contribution in [0.1, 0.15) is 16.1 Å². The van der Waals surface area contributed by atoms with Gasteiger partial charge in [-0.25, -0.2) is 9.37 Å². The van der Waals surface area contributed by atoms with Crippen molar-refractivity contribution in [2.45, 2.75) is 19.9 Å². The third-order valence-electron chi connectivity index (χ3n) is 3.95. The van der Waals surface area contributed by atoms with E-state index in [1.807, 2.05) is 31.2 Å². The van der Waals surface area contributed by atoms with Crippen molar-refractivity contribution in [3.8, 4) is 16.3 Å². The predicted molar refractivity (Wildman–Crippen MR) is 101 cm³/mol. The zero-order chi connectivity index (χ0) is 18.5. The minimum Gasteiger partial charge on any atom is -0.496 e. The Balaban J connectivity index is 1.67. The van der Waals surface area contributed by atoms with Gasteiger partial charge < -0.3 is 10.1 Å². The Morgan fingerprint density at radius 1 is 1.19 bits per heavy atom. The lowest BCUT2D eigenvalue weighted by Crippen LogP contribution is -2.24. The monoisotopic (exact) mass is 370 g/mol.